The minimum Gasteiger partial charge on any atom is -0.545 e. The molecule has 0 radical (unpaired) electrons. The summed E-state index contributed by atoms with van der Waals surface area (Å²) in [6.45, 7) is 0.423. The minimum absolute atomic E-state index is 0.0774. The first-order chi connectivity index (χ1) is 14.0. The Morgan fingerprint density at radius 2 is 1.93 bits per heavy atom. The first-order valence-electron chi connectivity index (χ1n) is 8.71. The molecule has 2 N–H and O–H groups in total. The number of rotatable bonds is 5. The van der Waals surface area contributed by atoms with Crippen LogP contribution in [-0.2, 0) is 6.42 Å². The van der Waals surface area contributed by atoms with Gasteiger partial charge < -0.3 is 20.2 Å². The van der Waals surface area contributed by atoms with E-state index in [1.807, 2.05) is 30.3 Å². The Morgan fingerprint density at radius 3 is 2.66 bits per heavy atom. The van der Waals surface area contributed by atoms with E-state index in [2.05, 4.69) is 10.3 Å². The fourth-order valence-corrected chi connectivity index (χ4v) is 4.41. The van der Waals surface area contributed by atoms with Crippen molar-refractivity contribution >= 4 is 52.0 Å². The van der Waals surface area contributed by atoms with Crippen LogP contribution in [0.15, 0.2) is 53.3 Å². The maximum atomic E-state index is 12.7. The third kappa shape index (κ3) is 3.57. The highest BCUT2D eigenvalue weighted by Gasteiger charge is 2.18. The molecule has 0 unspecified atom stereocenters. The number of carbonyl (C=O) groups is 2. The van der Waals surface area contributed by atoms with Gasteiger partial charge in [-0.3, -0.25) is 14.0 Å². The normalized spacial score (nSPS) is 11.0. The molecular weight excluding hydrogens is 410 g/mol. The predicted octanol–water partition coefficient (Wildman–Crippen LogP) is 1.91. The first kappa shape index (κ1) is 19.0. The van der Waals surface area contributed by atoms with Gasteiger partial charge in [0, 0.05) is 6.54 Å². The summed E-state index contributed by atoms with van der Waals surface area (Å²) in [7, 11) is 0. The van der Waals surface area contributed by atoms with Crippen molar-refractivity contribution < 1.29 is 14.7 Å². The lowest BCUT2D eigenvalue weighted by Gasteiger charge is -2.07. The van der Waals surface area contributed by atoms with Gasteiger partial charge in [-0.25, -0.2) is 0 Å². The summed E-state index contributed by atoms with van der Waals surface area (Å²) in [5.74, 6) is -1.72. The molecule has 0 fully saturated rings. The summed E-state index contributed by atoms with van der Waals surface area (Å²) in [6, 6.07) is 13.8. The molecule has 2 aromatic carbocycles. The van der Waals surface area contributed by atoms with Crippen LogP contribution in [0.3, 0.4) is 0 Å². The zero-order chi connectivity index (χ0) is 20.5. The van der Waals surface area contributed by atoms with Crippen molar-refractivity contribution in [1.82, 2.24) is 14.7 Å². The molecule has 4 aromatic rings. The fraction of sp³-hybridized carbons (Fsp3) is 0.100. The van der Waals surface area contributed by atoms with Gasteiger partial charge in [-0.1, -0.05) is 47.7 Å². The molecule has 9 heteroatoms. The first-order valence-corrected chi connectivity index (χ1v) is 9.93. The van der Waals surface area contributed by atoms with Crippen LogP contribution in [0.5, 0.6) is 0 Å². The molecule has 0 atom stereocenters. The topological polar surface area (TPSA) is 106 Å². The van der Waals surface area contributed by atoms with Gasteiger partial charge in [-0.05, 0) is 41.9 Å². The number of carbonyl (C=O) groups excluding carboxylic acids is 2. The standard InChI is InChI=1S/C20H15N3O4S2/c24-17-13-7-6-12(19(26)27)10-14(13)23-16(22-17)15(29-20(23)28)18(25)21-9-8-11-4-2-1-3-5-11/h1-7,10H,8-9H2,(H,21,25)(H,22,24)(H,26,27)/p-1. The molecule has 146 valence electrons. The summed E-state index contributed by atoms with van der Waals surface area (Å²) >= 11 is 6.43. The van der Waals surface area contributed by atoms with Crippen LogP contribution < -0.4 is 16.0 Å². The molecule has 0 spiro atoms. The van der Waals surface area contributed by atoms with E-state index in [1.165, 1.54) is 22.6 Å². The number of fused-ring (bicyclic) bond motifs is 3. The summed E-state index contributed by atoms with van der Waals surface area (Å²) in [6.07, 6.45) is 0.665. The van der Waals surface area contributed by atoms with Crippen LogP contribution in [0.25, 0.3) is 16.6 Å². The maximum absolute atomic E-state index is 12.7. The molecular formula is C20H14N3O4S2-. The highest BCUT2D eigenvalue weighted by atomic mass is 32.1. The summed E-state index contributed by atoms with van der Waals surface area (Å²) in [4.78, 5) is 39.3. The number of carboxylic acids is 1. The van der Waals surface area contributed by atoms with Crippen LogP contribution in [0.2, 0.25) is 0 Å². The second-order valence-corrected chi connectivity index (χ2v) is 7.99. The zero-order valence-electron chi connectivity index (χ0n) is 14.9. The van der Waals surface area contributed by atoms with Crippen molar-refractivity contribution in [3.05, 3.63) is 78.8 Å². The van der Waals surface area contributed by atoms with E-state index >= 15 is 0 Å². The Morgan fingerprint density at radius 1 is 1.17 bits per heavy atom. The number of benzene rings is 2. The third-order valence-corrected chi connectivity index (χ3v) is 5.88. The lowest BCUT2D eigenvalue weighted by molar-refractivity contribution is -0.255. The summed E-state index contributed by atoms with van der Waals surface area (Å²) in [5, 5.41) is 14.3. The molecule has 0 bridgehead atoms. The van der Waals surface area contributed by atoms with Gasteiger partial charge >= 0.3 is 0 Å². The molecule has 29 heavy (non-hydrogen) atoms. The second-order valence-electron chi connectivity index (χ2n) is 6.35. The second kappa shape index (κ2) is 7.61. The van der Waals surface area contributed by atoms with Crippen LogP contribution in [0.4, 0.5) is 0 Å². The molecule has 0 saturated heterocycles. The Balaban J connectivity index is 1.73. The summed E-state index contributed by atoms with van der Waals surface area (Å²) in [5.41, 5.74) is 1.14. The van der Waals surface area contributed by atoms with Crippen molar-refractivity contribution in [2.24, 2.45) is 0 Å². The van der Waals surface area contributed by atoms with E-state index in [0.717, 1.165) is 16.9 Å². The van der Waals surface area contributed by atoms with Gasteiger partial charge in [0.1, 0.15) is 10.5 Å². The number of thiazole rings is 1. The van der Waals surface area contributed by atoms with Gasteiger partial charge in [-0.15, -0.1) is 0 Å². The molecule has 2 aromatic heterocycles. The predicted molar refractivity (Wildman–Crippen MR) is 111 cm³/mol. The van der Waals surface area contributed by atoms with Crippen molar-refractivity contribution in [3.8, 4) is 0 Å². The number of hydrogen-bond donors (Lipinski definition) is 2. The van der Waals surface area contributed by atoms with E-state index in [4.69, 9.17) is 12.2 Å². The Kier molecular flexibility index (Phi) is 4.99. The number of aromatic carboxylic acids is 1. The van der Waals surface area contributed by atoms with E-state index in [0.29, 0.717) is 22.4 Å². The largest absolute Gasteiger partial charge is 0.545 e. The van der Waals surface area contributed by atoms with Gasteiger partial charge in [-0.2, -0.15) is 0 Å². The van der Waals surface area contributed by atoms with Crippen LogP contribution >= 0.6 is 23.6 Å². The Hall–Kier alpha value is -3.30. The number of aromatic nitrogens is 2. The number of hydrogen-bond acceptors (Lipinski definition) is 6. The number of nitrogens with one attached hydrogen (secondary N) is 2. The fourth-order valence-electron chi connectivity index (χ4n) is 3.12. The number of H-pyrrole nitrogens is 1. The Labute approximate surface area is 173 Å². The molecule has 7 nitrogen and oxygen atoms in total. The molecule has 0 aliphatic carbocycles. The number of carboxylic acid groups (broad SMARTS) is 1. The molecule has 2 heterocycles. The Bertz CT molecular complexity index is 1370. The zero-order valence-corrected chi connectivity index (χ0v) is 16.6. The van der Waals surface area contributed by atoms with Crippen LogP contribution in [-0.4, -0.2) is 27.8 Å². The monoisotopic (exact) mass is 424 g/mol. The quantitative estimate of drug-likeness (QED) is 0.476. The smallest absolute Gasteiger partial charge is 0.265 e. The lowest BCUT2D eigenvalue weighted by atomic mass is 10.1. The van der Waals surface area contributed by atoms with E-state index in [-0.39, 0.29) is 27.4 Å². The SMILES string of the molecule is O=C([O-])c1ccc2c(=O)[nH]c3c(C(=O)NCCc4ccccc4)sc(=S)n3c2c1. The number of aromatic amines is 1. The minimum atomic E-state index is -1.36. The number of amides is 1. The van der Waals surface area contributed by atoms with Crippen molar-refractivity contribution in [1.29, 1.82) is 0 Å². The van der Waals surface area contributed by atoms with Gasteiger partial charge in [0.2, 0.25) is 0 Å². The molecule has 1 amide bonds. The molecule has 0 aliphatic heterocycles. The number of nitrogens with zero attached hydrogens (tertiary/aromatic N) is 1. The van der Waals surface area contributed by atoms with Crippen molar-refractivity contribution in [3.63, 3.8) is 0 Å². The van der Waals surface area contributed by atoms with Crippen molar-refractivity contribution in [2.45, 2.75) is 6.42 Å². The lowest BCUT2D eigenvalue weighted by Crippen LogP contribution is -2.26. The highest BCUT2D eigenvalue weighted by molar-refractivity contribution is 7.73. The van der Waals surface area contributed by atoms with Crippen molar-refractivity contribution in [2.75, 3.05) is 6.54 Å². The van der Waals surface area contributed by atoms with Gasteiger partial charge in [0.15, 0.2) is 3.95 Å². The average Bonchev–Trinajstić information content (AvgIpc) is 3.05. The van der Waals surface area contributed by atoms with E-state index in [9.17, 15) is 19.5 Å². The van der Waals surface area contributed by atoms with Gasteiger partial charge in [0.25, 0.3) is 11.5 Å². The van der Waals surface area contributed by atoms with Gasteiger partial charge in [0.05, 0.1) is 16.9 Å². The third-order valence-electron chi connectivity index (χ3n) is 4.51. The van der Waals surface area contributed by atoms with E-state index in [1.54, 1.807) is 0 Å². The highest BCUT2D eigenvalue weighted by Crippen LogP contribution is 2.23. The van der Waals surface area contributed by atoms with Crippen LogP contribution in [0, 0.1) is 3.95 Å². The summed E-state index contributed by atoms with van der Waals surface area (Å²) < 4.78 is 1.83. The molecule has 0 aliphatic rings. The maximum Gasteiger partial charge on any atom is 0.265 e. The average molecular weight is 424 g/mol. The van der Waals surface area contributed by atoms with Crippen LogP contribution in [0.1, 0.15) is 25.6 Å². The van der Waals surface area contributed by atoms with E-state index < -0.39 is 11.5 Å². The molecule has 0 saturated carbocycles. The molecule has 4 rings (SSSR count).